The van der Waals surface area contributed by atoms with Crippen molar-refractivity contribution in [1.82, 2.24) is 10.4 Å². The molecule has 4 nitrogen and oxygen atoms in total. The molecule has 6 heteroatoms. The maximum atomic E-state index is 5.68. The number of likely N-dealkylation sites (N-methyl/N-ethyl adjacent to an activating group) is 2. The number of hydroxylamine groups is 2. The summed E-state index contributed by atoms with van der Waals surface area (Å²) < 4.78 is 7.68. The first-order valence-corrected chi connectivity index (χ1v) is 9.26. The minimum absolute atomic E-state index is 0. The van der Waals surface area contributed by atoms with Gasteiger partial charge in [0.1, 0.15) is 12.2 Å². The summed E-state index contributed by atoms with van der Waals surface area (Å²) in [4.78, 5) is 0. The molecule has 0 fully saturated rings. The van der Waals surface area contributed by atoms with Gasteiger partial charge in [0, 0.05) is 32.4 Å². The van der Waals surface area contributed by atoms with Gasteiger partial charge in [0.05, 0.1) is 0 Å². The predicted octanol–water partition coefficient (Wildman–Crippen LogP) is 4.96. The molecule has 0 bridgehead atoms. The Kier molecular flexibility index (Phi) is 22.4. The van der Waals surface area contributed by atoms with Crippen LogP contribution in [0.1, 0.15) is 41.5 Å². The van der Waals surface area contributed by atoms with Crippen molar-refractivity contribution in [3.63, 3.8) is 0 Å². The lowest BCUT2D eigenvalue weighted by Crippen LogP contribution is -2.40. The Morgan fingerprint density at radius 1 is 1.04 bits per heavy atom. The molecule has 0 saturated carbocycles. The highest BCUT2D eigenvalue weighted by Crippen LogP contribution is 2.21. The quantitative estimate of drug-likeness (QED) is 0.393. The maximum absolute atomic E-state index is 5.68. The molecular weight excluding hydrogens is 338 g/mol. The number of nitrogens with one attached hydrogen (secondary N) is 1. The Bertz CT molecular complexity index is 353. The highest BCUT2D eigenvalue weighted by atomic mass is 32.2. The van der Waals surface area contributed by atoms with Crippen molar-refractivity contribution < 1.29 is 4.28 Å². The zero-order chi connectivity index (χ0) is 18.3. The number of para-hydroxylation sites is 1. The van der Waals surface area contributed by atoms with Crippen LogP contribution in [0.4, 0.5) is 5.69 Å². The summed E-state index contributed by atoms with van der Waals surface area (Å²) in [7, 11) is 5.94. The summed E-state index contributed by atoms with van der Waals surface area (Å²) in [5.74, 6) is 0.577. The van der Waals surface area contributed by atoms with Gasteiger partial charge >= 0.3 is 0 Å². The SMILES string of the molecule is CC.CC.CNC(CN(C)OSN(C)c1ccccc1)C(C)C.S. The Balaban J connectivity index is -0.000000817. The lowest BCUT2D eigenvalue weighted by Gasteiger charge is -2.26. The molecule has 0 spiro atoms. The second kappa shape index (κ2) is 18.9. The first kappa shape index (κ1) is 28.4. The normalized spacial score (nSPS) is 10.8. The highest BCUT2D eigenvalue weighted by Gasteiger charge is 2.14. The maximum Gasteiger partial charge on any atom is 0.135 e. The third kappa shape index (κ3) is 13.0. The second-order valence-electron chi connectivity index (χ2n) is 4.93. The molecule has 144 valence electrons. The minimum atomic E-state index is 0. The summed E-state index contributed by atoms with van der Waals surface area (Å²) in [6.45, 7) is 13.3. The molecule has 1 rings (SSSR count). The molecule has 1 unspecified atom stereocenters. The van der Waals surface area contributed by atoms with Gasteiger partial charge < -0.3 is 5.32 Å². The van der Waals surface area contributed by atoms with Crippen molar-refractivity contribution in [2.75, 3.05) is 32.0 Å². The second-order valence-corrected chi connectivity index (χ2v) is 5.78. The number of anilines is 1. The molecule has 1 N–H and O–H groups in total. The van der Waals surface area contributed by atoms with E-state index in [-0.39, 0.29) is 13.5 Å². The van der Waals surface area contributed by atoms with Gasteiger partial charge in [-0.15, -0.1) is 0 Å². The van der Waals surface area contributed by atoms with Gasteiger partial charge in [-0.05, 0) is 25.1 Å². The highest BCUT2D eigenvalue weighted by molar-refractivity contribution is 7.96. The van der Waals surface area contributed by atoms with Gasteiger partial charge in [-0.3, -0.25) is 4.31 Å². The van der Waals surface area contributed by atoms with Crippen LogP contribution in [0.3, 0.4) is 0 Å². The van der Waals surface area contributed by atoms with Crippen molar-refractivity contribution in [1.29, 1.82) is 0 Å². The predicted molar refractivity (Wildman–Crippen MR) is 117 cm³/mol. The van der Waals surface area contributed by atoms with Crippen LogP contribution in [0.5, 0.6) is 0 Å². The van der Waals surface area contributed by atoms with Gasteiger partial charge in [0.15, 0.2) is 0 Å². The molecule has 0 aliphatic carbocycles. The molecular formula is C18H39N3OS2. The summed E-state index contributed by atoms with van der Waals surface area (Å²) in [6, 6.07) is 10.6. The third-order valence-electron chi connectivity index (χ3n) is 3.02. The number of hydrogen-bond donors (Lipinski definition) is 1. The van der Waals surface area contributed by atoms with Crippen LogP contribution in [0.15, 0.2) is 30.3 Å². The van der Waals surface area contributed by atoms with Crippen LogP contribution in [-0.2, 0) is 4.28 Å². The van der Waals surface area contributed by atoms with E-state index < -0.39 is 0 Å². The van der Waals surface area contributed by atoms with Gasteiger partial charge in [-0.25, -0.2) is 4.28 Å². The molecule has 0 heterocycles. The third-order valence-corrected chi connectivity index (χ3v) is 3.78. The average molecular weight is 378 g/mol. The average Bonchev–Trinajstić information content (AvgIpc) is 2.61. The smallest absolute Gasteiger partial charge is 0.135 e. The summed E-state index contributed by atoms with van der Waals surface area (Å²) in [5, 5.41) is 5.17. The van der Waals surface area contributed by atoms with Crippen LogP contribution >= 0.6 is 25.7 Å². The van der Waals surface area contributed by atoms with Crippen LogP contribution in [-0.4, -0.2) is 38.8 Å². The monoisotopic (exact) mass is 377 g/mol. The van der Waals surface area contributed by atoms with Crippen molar-refractivity contribution in [3.05, 3.63) is 30.3 Å². The molecule has 1 atom stereocenters. The first-order chi connectivity index (χ1) is 11.0. The van der Waals surface area contributed by atoms with E-state index in [4.69, 9.17) is 4.28 Å². The molecule has 1 aromatic rings. The Morgan fingerprint density at radius 3 is 1.96 bits per heavy atom. The van der Waals surface area contributed by atoms with Crippen molar-refractivity contribution in [3.8, 4) is 0 Å². The van der Waals surface area contributed by atoms with Crippen LogP contribution in [0, 0.1) is 5.92 Å². The fraction of sp³-hybridized carbons (Fsp3) is 0.667. The van der Waals surface area contributed by atoms with Crippen molar-refractivity contribution in [2.24, 2.45) is 5.92 Å². The molecule has 0 aliphatic rings. The molecule has 24 heavy (non-hydrogen) atoms. The van der Waals surface area contributed by atoms with E-state index in [1.54, 1.807) is 0 Å². The van der Waals surface area contributed by atoms with E-state index in [9.17, 15) is 0 Å². The topological polar surface area (TPSA) is 27.7 Å². The molecule has 0 amide bonds. The van der Waals surface area contributed by atoms with E-state index >= 15 is 0 Å². The van der Waals surface area contributed by atoms with Gasteiger partial charge in [-0.2, -0.15) is 18.6 Å². The van der Waals surface area contributed by atoms with Crippen LogP contribution in [0.2, 0.25) is 0 Å². The lowest BCUT2D eigenvalue weighted by atomic mass is 10.1. The van der Waals surface area contributed by atoms with E-state index in [0.717, 1.165) is 12.2 Å². The Labute approximate surface area is 162 Å². The Morgan fingerprint density at radius 2 is 1.54 bits per heavy atom. The lowest BCUT2D eigenvalue weighted by molar-refractivity contribution is -0.0202. The molecule has 0 radical (unpaired) electrons. The molecule has 0 saturated heterocycles. The standard InChI is InChI=1S/C14H25N3OS.2C2H6.H2S/c1-12(2)14(15-3)11-16(4)18-19-17(5)13-9-7-6-8-10-13;2*1-2;/h6-10,12,14-15H,11H2,1-5H3;2*1-2H3;1H2. The molecule has 0 aliphatic heterocycles. The summed E-state index contributed by atoms with van der Waals surface area (Å²) >= 11 is 1.33. The summed E-state index contributed by atoms with van der Waals surface area (Å²) in [6.07, 6.45) is 0. The minimum Gasteiger partial charge on any atom is -0.315 e. The largest absolute Gasteiger partial charge is 0.315 e. The number of nitrogens with zero attached hydrogens (tertiary/aromatic N) is 2. The first-order valence-electron chi connectivity index (χ1n) is 8.56. The fourth-order valence-corrected chi connectivity index (χ4v) is 2.21. The number of rotatable bonds is 8. The van der Waals surface area contributed by atoms with Crippen molar-refractivity contribution >= 4 is 31.4 Å². The number of benzene rings is 1. The number of hydrogen-bond acceptors (Lipinski definition) is 5. The van der Waals surface area contributed by atoms with Crippen molar-refractivity contribution in [2.45, 2.75) is 47.6 Å². The van der Waals surface area contributed by atoms with E-state index in [2.05, 4.69) is 31.3 Å². The molecule has 1 aromatic carbocycles. The van der Waals surface area contributed by atoms with Crippen LogP contribution in [0.25, 0.3) is 0 Å². The van der Waals surface area contributed by atoms with Crippen LogP contribution < -0.4 is 9.62 Å². The van der Waals surface area contributed by atoms with E-state index in [0.29, 0.717) is 12.0 Å². The van der Waals surface area contributed by atoms with Gasteiger partial charge in [0.2, 0.25) is 0 Å². The van der Waals surface area contributed by atoms with E-state index in [1.807, 2.05) is 76.4 Å². The summed E-state index contributed by atoms with van der Waals surface area (Å²) in [5.41, 5.74) is 1.12. The van der Waals surface area contributed by atoms with Gasteiger partial charge in [0.25, 0.3) is 0 Å². The fourth-order valence-electron chi connectivity index (χ4n) is 1.73. The van der Waals surface area contributed by atoms with E-state index in [1.165, 1.54) is 12.2 Å². The molecule has 0 aromatic heterocycles. The Hall–Kier alpha value is -0.400. The zero-order valence-electron chi connectivity index (χ0n) is 17.0. The van der Waals surface area contributed by atoms with Gasteiger partial charge in [-0.1, -0.05) is 59.7 Å². The zero-order valence-corrected chi connectivity index (χ0v) is 18.8.